The summed E-state index contributed by atoms with van der Waals surface area (Å²) in [6.45, 7) is 7.77. The van der Waals surface area contributed by atoms with Gasteiger partial charge in [0.1, 0.15) is 11.5 Å². The molecule has 2 aromatic heterocycles. The Kier molecular flexibility index (Phi) is 5.78. The molecule has 3 rings (SSSR count). The van der Waals surface area contributed by atoms with E-state index in [2.05, 4.69) is 19.9 Å². The predicted octanol–water partition coefficient (Wildman–Crippen LogP) is 1.85. The molecule has 1 aliphatic heterocycles. The summed E-state index contributed by atoms with van der Waals surface area (Å²) < 4.78 is 5.10. The predicted molar refractivity (Wildman–Crippen MR) is 98.1 cm³/mol. The largest absolute Gasteiger partial charge is 0.481 e. The van der Waals surface area contributed by atoms with Crippen molar-refractivity contribution in [1.29, 1.82) is 0 Å². The molecule has 3 heterocycles. The summed E-state index contributed by atoms with van der Waals surface area (Å²) in [7, 11) is 1.61. The van der Waals surface area contributed by atoms with Crippen LogP contribution < -0.4 is 4.74 Å². The van der Waals surface area contributed by atoms with Crippen LogP contribution in [0.1, 0.15) is 34.0 Å². The third kappa shape index (κ3) is 4.54. The summed E-state index contributed by atoms with van der Waals surface area (Å²) in [5, 5.41) is 0. The summed E-state index contributed by atoms with van der Waals surface area (Å²) in [4.78, 5) is 29.8. The van der Waals surface area contributed by atoms with Crippen LogP contribution in [0.2, 0.25) is 0 Å². The van der Waals surface area contributed by atoms with Crippen molar-refractivity contribution in [3.8, 4) is 5.88 Å². The molecule has 1 saturated heterocycles. The van der Waals surface area contributed by atoms with Gasteiger partial charge in [0.25, 0.3) is 5.91 Å². The molecular formula is C19H25N5O2. The van der Waals surface area contributed by atoms with Gasteiger partial charge in [-0.15, -0.1) is 0 Å². The van der Waals surface area contributed by atoms with E-state index >= 15 is 0 Å². The van der Waals surface area contributed by atoms with Gasteiger partial charge in [-0.1, -0.05) is 6.07 Å². The normalized spacial score (nSPS) is 15.6. The average Bonchev–Trinajstić information content (AvgIpc) is 2.86. The quantitative estimate of drug-likeness (QED) is 0.833. The fraction of sp³-hybridized carbons (Fsp3) is 0.474. The third-order valence-electron chi connectivity index (χ3n) is 4.47. The number of carbonyl (C=O) groups is 1. The van der Waals surface area contributed by atoms with Crippen LogP contribution >= 0.6 is 0 Å². The molecule has 1 aliphatic rings. The first-order chi connectivity index (χ1) is 12.5. The van der Waals surface area contributed by atoms with Gasteiger partial charge in [0.05, 0.1) is 7.11 Å². The van der Waals surface area contributed by atoms with Crippen molar-refractivity contribution in [1.82, 2.24) is 24.8 Å². The van der Waals surface area contributed by atoms with Gasteiger partial charge >= 0.3 is 0 Å². The lowest BCUT2D eigenvalue weighted by atomic mass is 10.2. The maximum Gasteiger partial charge on any atom is 0.272 e. The Balaban J connectivity index is 1.61. The van der Waals surface area contributed by atoms with Crippen molar-refractivity contribution in [2.24, 2.45) is 0 Å². The highest BCUT2D eigenvalue weighted by Crippen LogP contribution is 2.13. The van der Waals surface area contributed by atoms with Crippen molar-refractivity contribution in [3.63, 3.8) is 0 Å². The first-order valence-corrected chi connectivity index (χ1v) is 8.88. The molecular weight excluding hydrogens is 330 g/mol. The maximum absolute atomic E-state index is 12.8. The molecule has 7 heteroatoms. The molecule has 0 radical (unpaired) electrons. The maximum atomic E-state index is 12.8. The van der Waals surface area contributed by atoms with Gasteiger partial charge in [0, 0.05) is 50.7 Å². The Hall–Kier alpha value is -2.54. The molecule has 7 nitrogen and oxygen atoms in total. The van der Waals surface area contributed by atoms with E-state index in [1.165, 1.54) is 0 Å². The Morgan fingerprint density at radius 1 is 1.15 bits per heavy atom. The van der Waals surface area contributed by atoms with E-state index < -0.39 is 0 Å². The smallest absolute Gasteiger partial charge is 0.272 e. The molecule has 0 N–H and O–H groups in total. The highest BCUT2D eigenvalue weighted by atomic mass is 16.5. The van der Waals surface area contributed by atoms with Gasteiger partial charge in [0.2, 0.25) is 5.88 Å². The molecule has 0 aliphatic carbocycles. The number of amides is 1. The second kappa shape index (κ2) is 8.23. The number of pyridine rings is 1. The number of aromatic nitrogens is 3. The molecule has 2 aromatic rings. The molecule has 0 saturated carbocycles. The number of rotatable bonds is 4. The monoisotopic (exact) mass is 355 g/mol. The number of ether oxygens (including phenoxy) is 1. The zero-order valence-electron chi connectivity index (χ0n) is 15.6. The lowest BCUT2D eigenvalue weighted by Gasteiger charge is -2.22. The minimum atomic E-state index is -0.00781. The van der Waals surface area contributed by atoms with Crippen molar-refractivity contribution < 1.29 is 9.53 Å². The van der Waals surface area contributed by atoms with E-state index in [1.54, 1.807) is 13.2 Å². The van der Waals surface area contributed by atoms with E-state index in [0.717, 1.165) is 43.9 Å². The van der Waals surface area contributed by atoms with Gasteiger partial charge in [-0.2, -0.15) is 0 Å². The lowest BCUT2D eigenvalue weighted by Crippen LogP contribution is -2.35. The highest BCUT2D eigenvalue weighted by Gasteiger charge is 2.22. The third-order valence-corrected chi connectivity index (χ3v) is 4.47. The fourth-order valence-corrected chi connectivity index (χ4v) is 3.20. The van der Waals surface area contributed by atoms with Gasteiger partial charge in [0.15, 0.2) is 0 Å². The van der Waals surface area contributed by atoms with Gasteiger partial charge < -0.3 is 9.64 Å². The van der Waals surface area contributed by atoms with Crippen molar-refractivity contribution in [2.45, 2.75) is 26.8 Å². The first kappa shape index (κ1) is 18.3. The summed E-state index contributed by atoms with van der Waals surface area (Å²) in [6, 6.07) is 5.68. The zero-order chi connectivity index (χ0) is 18.5. The van der Waals surface area contributed by atoms with E-state index in [4.69, 9.17) is 4.74 Å². The van der Waals surface area contributed by atoms with Crippen molar-refractivity contribution in [2.75, 3.05) is 33.3 Å². The Morgan fingerprint density at radius 2 is 2.00 bits per heavy atom. The number of hydrogen-bond donors (Lipinski definition) is 0. The fourth-order valence-electron chi connectivity index (χ4n) is 3.20. The minimum absolute atomic E-state index is 0.00781. The van der Waals surface area contributed by atoms with Crippen LogP contribution in [-0.4, -0.2) is 63.9 Å². The van der Waals surface area contributed by atoms with E-state index in [-0.39, 0.29) is 5.91 Å². The summed E-state index contributed by atoms with van der Waals surface area (Å²) in [5.41, 5.74) is 2.46. The Bertz CT molecular complexity index is 743. The number of aryl methyl sites for hydroxylation is 2. The molecule has 1 amide bonds. The molecule has 0 unspecified atom stereocenters. The molecule has 0 aromatic carbocycles. The average molecular weight is 355 g/mol. The summed E-state index contributed by atoms with van der Waals surface area (Å²) >= 11 is 0. The second-order valence-electron chi connectivity index (χ2n) is 6.57. The molecule has 138 valence electrons. The van der Waals surface area contributed by atoms with Crippen LogP contribution in [0.25, 0.3) is 0 Å². The summed E-state index contributed by atoms with van der Waals surface area (Å²) in [5.74, 6) is 1.25. The van der Waals surface area contributed by atoms with Crippen LogP contribution in [0, 0.1) is 13.8 Å². The second-order valence-corrected chi connectivity index (χ2v) is 6.57. The minimum Gasteiger partial charge on any atom is -0.481 e. The standard InChI is InChI=1S/C19H25N5O2/c1-14-11-17(22-15(2)21-14)19(25)24-8-4-7-23(9-10-24)13-16-5-6-18(26-3)20-12-16/h5-6,11-12H,4,7-10,13H2,1-3H3. The van der Waals surface area contributed by atoms with E-state index in [1.807, 2.05) is 37.1 Å². The van der Waals surface area contributed by atoms with Crippen molar-refractivity contribution in [3.05, 3.63) is 47.2 Å². The van der Waals surface area contributed by atoms with E-state index in [0.29, 0.717) is 23.9 Å². The number of carbonyl (C=O) groups excluding carboxylic acids is 1. The zero-order valence-corrected chi connectivity index (χ0v) is 15.6. The Morgan fingerprint density at radius 3 is 2.69 bits per heavy atom. The molecule has 0 atom stereocenters. The van der Waals surface area contributed by atoms with Crippen LogP contribution in [0.15, 0.2) is 24.4 Å². The van der Waals surface area contributed by atoms with Crippen molar-refractivity contribution >= 4 is 5.91 Å². The van der Waals surface area contributed by atoms with Crippen LogP contribution in [-0.2, 0) is 6.54 Å². The van der Waals surface area contributed by atoms with Gasteiger partial charge in [-0.3, -0.25) is 9.69 Å². The lowest BCUT2D eigenvalue weighted by molar-refractivity contribution is 0.0754. The highest BCUT2D eigenvalue weighted by molar-refractivity contribution is 5.92. The summed E-state index contributed by atoms with van der Waals surface area (Å²) in [6.07, 6.45) is 2.79. The number of hydrogen-bond acceptors (Lipinski definition) is 6. The van der Waals surface area contributed by atoms with Crippen LogP contribution in [0.4, 0.5) is 0 Å². The topological polar surface area (TPSA) is 71.5 Å². The van der Waals surface area contributed by atoms with Crippen LogP contribution in [0.3, 0.4) is 0 Å². The first-order valence-electron chi connectivity index (χ1n) is 8.88. The molecule has 26 heavy (non-hydrogen) atoms. The Labute approximate surface area is 154 Å². The number of methoxy groups -OCH3 is 1. The molecule has 1 fully saturated rings. The number of nitrogens with zero attached hydrogens (tertiary/aromatic N) is 5. The molecule has 0 bridgehead atoms. The van der Waals surface area contributed by atoms with E-state index in [9.17, 15) is 4.79 Å². The SMILES string of the molecule is COc1ccc(CN2CCCN(C(=O)c3cc(C)nc(C)n3)CC2)cn1. The van der Waals surface area contributed by atoms with Gasteiger partial charge in [-0.05, 0) is 31.9 Å². The molecule has 0 spiro atoms. The van der Waals surface area contributed by atoms with Crippen LogP contribution in [0.5, 0.6) is 5.88 Å². The van der Waals surface area contributed by atoms with Gasteiger partial charge in [-0.25, -0.2) is 15.0 Å².